The number of halogens is 7. The molecule has 1 aliphatic carbocycles. The zero-order valence-corrected chi connectivity index (χ0v) is 18.8. The lowest BCUT2D eigenvalue weighted by Crippen LogP contribution is -2.23. The summed E-state index contributed by atoms with van der Waals surface area (Å²) in [5.41, 5.74) is -3.28. The standard InChI is InChI=1S/C20H17ClF6N6S/c21-14-9-15(30-17(29-14)28-13-4-2-1-3-5-13)34-18-31-16(32-33-18)10-6-11(19(22,23)24)8-12(7-10)20(25,26)27/h6-9,13H,1-5H2,(H,28,29,30)(H,31,32,33). The van der Waals surface area contributed by atoms with E-state index in [1.165, 1.54) is 12.5 Å². The summed E-state index contributed by atoms with van der Waals surface area (Å²) in [6.07, 6.45) is -4.57. The molecular weight excluding hydrogens is 506 g/mol. The molecule has 0 amide bonds. The van der Waals surface area contributed by atoms with Gasteiger partial charge in [0.1, 0.15) is 10.2 Å². The van der Waals surface area contributed by atoms with Crippen molar-refractivity contribution in [1.82, 2.24) is 25.1 Å². The maximum Gasteiger partial charge on any atom is 0.416 e. The number of nitrogens with one attached hydrogen (secondary N) is 2. The van der Waals surface area contributed by atoms with Crippen LogP contribution in [0.1, 0.15) is 43.2 Å². The maximum absolute atomic E-state index is 13.1. The molecule has 0 spiro atoms. The van der Waals surface area contributed by atoms with Gasteiger partial charge in [0.05, 0.1) is 11.1 Å². The Balaban J connectivity index is 1.57. The van der Waals surface area contributed by atoms with Crippen LogP contribution in [0.2, 0.25) is 5.15 Å². The van der Waals surface area contributed by atoms with Gasteiger partial charge in [0.2, 0.25) is 11.1 Å². The number of alkyl halides is 6. The summed E-state index contributed by atoms with van der Waals surface area (Å²) >= 11 is 7.03. The lowest BCUT2D eigenvalue weighted by Gasteiger charge is -2.22. The summed E-state index contributed by atoms with van der Waals surface area (Å²) in [5.74, 6) is 0.0742. The van der Waals surface area contributed by atoms with E-state index in [4.69, 9.17) is 11.6 Å². The van der Waals surface area contributed by atoms with E-state index in [0.717, 1.165) is 37.4 Å². The highest BCUT2D eigenvalue weighted by Gasteiger charge is 2.37. The third kappa shape index (κ3) is 6.12. The summed E-state index contributed by atoms with van der Waals surface area (Å²) in [5, 5.41) is 10.1. The van der Waals surface area contributed by atoms with Crippen LogP contribution in [0.15, 0.2) is 34.4 Å². The lowest BCUT2D eigenvalue weighted by atomic mass is 9.96. The van der Waals surface area contributed by atoms with E-state index in [9.17, 15) is 26.3 Å². The largest absolute Gasteiger partial charge is 0.416 e. The molecule has 1 saturated carbocycles. The summed E-state index contributed by atoms with van der Waals surface area (Å²) in [6.45, 7) is 0. The van der Waals surface area contributed by atoms with Crippen molar-refractivity contribution in [1.29, 1.82) is 0 Å². The fraction of sp³-hybridized carbons (Fsp3) is 0.400. The van der Waals surface area contributed by atoms with E-state index in [1.807, 2.05) is 0 Å². The lowest BCUT2D eigenvalue weighted by molar-refractivity contribution is -0.143. The van der Waals surface area contributed by atoms with Gasteiger partial charge in [-0.1, -0.05) is 30.9 Å². The Bertz CT molecular complexity index is 1130. The number of benzene rings is 1. The normalized spacial score (nSPS) is 15.5. The van der Waals surface area contributed by atoms with Crippen LogP contribution in [-0.2, 0) is 12.4 Å². The van der Waals surface area contributed by atoms with Crippen LogP contribution in [0.4, 0.5) is 32.3 Å². The molecule has 4 rings (SSSR count). The highest BCUT2D eigenvalue weighted by molar-refractivity contribution is 7.99. The molecule has 0 unspecified atom stereocenters. The quantitative estimate of drug-likeness (QED) is 0.282. The molecule has 2 aromatic heterocycles. The van der Waals surface area contributed by atoms with Gasteiger partial charge in [-0.05, 0) is 42.8 Å². The van der Waals surface area contributed by atoms with Crippen LogP contribution < -0.4 is 5.32 Å². The zero-order chi connectivity index (χ0) is 24.5. The van der Waals surface area contributed by atoms with Crippen LogP contribution in [-0.4, -0.2) is 31.2 Å². The Kier molecular flexibility index (Phi) is 6.94. The molecule has 3 aromatic rings. The molecule has 1 fully saturated rings. The number of hydrogen-bond donors (Lipinski definition) is 2. The number of H-pyrrole nitrogens is 1. The second-order valence-electron chi connectivity index (χ2n) is 7.69. The number of anilines is 1. The minimum atomic E-state index is -4.97. The van der Waals surface area contributed by atoms with E-state index in [0.29, 0.717) is 23.1 Å². The molecule has 0 bridgehead atoms. The molecule has 0 atom stereocenters. The molecule has 34 heavy (non-hydrogen) atoms. The van der Waals surface area contributed by atoms with Gasteiger partial charge in [-0.3, -0.25) is 5.10 Å². The molecule has 0 radical (unpaired) electrons. The summed E-state index contributed by atoms with van der Waals surface area (Å²) in [6, 6.07) is 2.90. The van der Waals surface area contributed by atoms with Crippen LogP contribution in [0.25, 0.3) is 11.4 Å². The Hall–Kier alpha value is -2.54. The van der Waals surface area contributed by atoms with Crippen LogP contribution in [0, 0.1) is 0 Å². The molecule has 1 aliphatic rings. The van der Waals surface area contributed by atoms with Crippen molar-refractivity contribution in [2.75, 3.05) is 5.32 Å². The smallest absolute Gasteiger partial charge is 0.351 e. The molecule has 6 nitrogen and oxygen atoms in total. The van der Waals surface area contributed by atoms with E-state index in [1.54, 1.807) is 0 Å². The second kappa shape index (κ2) is 9.61. The minimum Gasteiger partial charge on any atom is -0.351 e. The molecule has 2 heterocycles. The van der Waals surface area contributed by atoms with Gasteiger partial charge in [-0.2, -0.15) is 26.3 Å². The molecule has 0 saturated heterocycles. The minimum absolute atomic E-state index is 0.0411. The van der Waals surface area contributed by atoms with Gasteiger partial charge >= 0.3 is 12.4 Å². The molecule has 182 valence electrons. The maximum atomic E-state index is 13.1. The fourth-order valence-electron chi connectivity index (χ4n) is 3.55. The van der Waals surface area contributed by atoms with Crippen LogP contribution >= 0.6 is 23.4 Å². The second-order valence-corrected chi connectivity index (χ2v) is 9.07. The highest BCUT2D eigenvalue weighted by Crippen LogP contribution is 2.38. The summed E-state index contributed by atoms with van der Waals surface area (Å²) in [7, 11) is 0. The molecule has 0 aliphatic heterocycles. The predicted molar refractivity (Wildman–Crippen MR) is 113 cm³/mol. The van der Waals surface area contributed by atoms with Crippen LogP contribution in [0.5, 0.6) is 0 Å². The topological polar surface area (TPSA) is 79.4 Å². The van der Waals surface area contributed by atoms with E-state index in [2.05, 4.69) is 30.5 Å². The SMILES string of the molecule is FC(F)(F)c1cc(-c2nc(Sc3cc(Cl)nc(NC4CCCCC4)n3)n[nH]2)cc(C(F)(F)F)c1. The van der Waals surface area contributed by atoms with Gasteiger partial charge in [0.15, 0.2) is 5.82 Å². The van der Waals surface area contributed by atoms with Gasteiger partial charge < -0.3 is 5.32 Å². The predicted octanol–water partition coefficient (Wildman–Crippen LogP) is 6.85. The van der Waals surface area contributed by atoms with E-state index < -0.39 is 29.0 Å². The fourth-order valence-corrected chi connectivity index (χ4v) is 4.52. The van der Waals surface area contributed by atoms with Gasteiger partial charge in [-0.25, -0.2) is 15.0 Å². The van der Waals surface area contributed by atoms with Gasteiger partial charge in [-0.15, -0.1) is 5.10 Å². The number of hydrogen-bond acceptors (Lipinski definition) is 6. The number of aromatic amines is 1. The first-order chi connectivity index (χ1) is 16.0. The first kappa shape index (κ1) is 24.6. The van der Waals surface area contributed by atoms with Crippen LogP contribution in [0.3, 0.4) is 0 Å². The van der Waals surface area contributed by atoms with E-state index in [-0.39, 0.29) is 28.2 Å². The number of rotatable bonds is 5. The molecule has 1 aromatic carbocycles. The van der Waals surface area contributed by atoms with Crippen molar-refractivity contribution in [3.8, 4) is 11.4 Å². The number of aromatic nitrogens is 5. The summed E-state index contributed by atoms with van der Waals surface area (Å²) < 4.78 is 78.8. The van der Waals surface area contributed by atoms with Crippen molar-refractivity contribution in [2.45, 2.75) is 60.7 Å². The third-order valence-corrected chi connectivity index (χ3v) is 6.11. The summed E-state index contributed by atoms with van der Waals surface area (Å²) in [4.78, 5) is 12.6. The molecule has 2 N–H and O–H groups in total. The number of nitrogens with zero attached hydrogens (tertiary/aromatic N) is 4. The van der Waals surface area contributed by atoms with Gasteiger partial charge in [0, 0.05) is 17.7 Å². The van der Waals surface area contributed by atoms with Crippen molar-refractivity contribution in [3.05, 3.63) is 40.5 Å². The van der Waals surface area contributed by atoms with Gasteiger partial charge in [0.25, 0.3) is 0 Å². The first-order valence-electron chi connectivity index (χ1n) is 10.2. The Morgan fingerprint density at radius 2 is 1.53 bits per heavy atom. The molecule has 14 heteroatoms. The zero-order valence-electron chi connectivity index (χ0n) is 17.3. The van der Waals surface area contributed by atoms with Crippen molar-refractivity contribution < 1.29 is 26.3 Å². The van der Waals surface area contributed by atoms with Crippen molar-refractivity contribution in [3.63, 3.8) is 0 Å². The van der Waals surface area contributed by atoms with E-state index >= 15 is 0 Å². The molecular formula is C20H17ClF6N6S. The average Bonchev–Trinajstić information content (AvgIpc) is 3.21. The van der Waals surface area contributed by atoms with Crippen molar-refractivity contribution in [2.24, 2.45) is 0 Å². The first-order valence-corrected chi connectivity index (χ1v) is 11.4. The Morgan fingerprint density at radius 1 is 0.882 bits per heavy atom. The highest BCUT2D eigenvalue weighted by atomic mass is 35.5. The third-order valence-electron chi connectivity index (χ3n) is 5.13. The average molecular weight is 523 g/mol. The van der Waals surface area contributed by atoms with Crippen molar-refractivity contribution >= 4 is 29.3 Å². The Labute approximate surface area is 198 Å². The monoisotopic (exact) mass is 522 g/mol. The Morgan fingerprint density at radius 3 is 2.15 bits per heavy atom.